The van der Waals surface area contributed by atoms with Gasteiger partial charge in [0.15, 0.2) is 0 Å². The second-order valence-corrected chi connectivity index (χ2v) is 18.1. The highest BCUT2D eigenvalue weighted by Gasteiger charge is 2.55. The van der Waals surface area contributed by atoms with Crippen LogP contribution in [0.5, 0.6) is 0 Å². The molecule has 1 aromatic carbocycles. The van der Waals surface area contributed by atoms with Gasteiger partial charge in [0.25, 0.3) is 5.97 Å². The number of anilines is 1. The maximum Gasteiger partial charge on any atom is 0.300 e. The number of carbonyl (C=O) groups excluding carboxylic acids is 1. The highest BCUT2D eigenvalue weighted by Crippen LogP contribution is 2.61. The number of morpholine rings is 1. The number of carboxylic acids is 1. The fourth-order valence-electron chi connectivity index (χ4n) is 9.06. The number of carboxylic acid groups (broad SMARTS) is 1. The molecule has 13 heteroatoms. The molecular formula is C42H68B3FN2O6S. The SMILES string of the molecule is CC(=O)O.CC12CCC3c4ccc(N5CCC(N6CCOCC6=O)CC5)cc4CCC3C1CCC2OCCO.CCC(C)(C)C.[B]C([B])([B])C(F)CCCS. The average molecular weight is 781 g/mol. The zero-order valence-electron chi connectivity index (χ0n) is 34.6. The molecule has 2 N–H and O–H groups in total. The van der Waals surface area contributed by atoms with Gasteiger partial charge in [-0.25, -0.2) is 4.39 Å². The first-order chi connectivity index (χ1) is 25.9. The molecule has 2 saturated heterocycles. The third-order valence-corrected chi connectivity index (χ3v) is 12.9. The highest BCUT2D eigenvalue weighted by atomic mass is 32.1. The number of thiol groups is 1. The van der Waals surface area contributed by atoms with Crippen LogP contribution in [0.25, 0.3) is 0 Å². The quantitative estimate of drug-likeness (QED) is 0.186. The third kappa shape index (κ3) is 14.0. The number of hydrogen-bond acceptors (Lipinski definition) is 7. The molecule has 2 saturated carbocycles. The van der Waals surface area contributed by atoms with Crippen LogP contribution in [0.15, 0.2) is 18.2 Å². The minimum absolute atomic E-state index is 0.127. The normalized spacial score (nSPS) is 27.1. The zero-order valence-corrected chi connectivity index (χ0v) is 35.5. The molecule has 0 bridgehead atoms. The first kappa shape index (κ1) is 47.7. The Hall–Kier alpha value is -1.69. The van der Waals surface area contributed by atoms with Crippen LogP contribution in [0.3, 0.4) is 0 Å². The van der Waals surface area contributed by atoms with Crippen LogP contribution in [0.1, 0.15) is 123 Å². The van der Waals surface area contributed by atoms with E-state index in [1.165, 1.54) is 44.2 Å². The van der Waals surface area contributed by atoms with Crippen molar-refractivity contribution in [3.8, 4) is 0 Å². The van der Waals surface area contributed by atoms with Crippen molar-refractivity contribution in [2.75, 3.05) is 56.7 Å². The number of aliphatic carboxylic acids is 1. The van der Waals surface area contributed by atoms with Crippen LogP contribution in [0.2, 0.25) is 5.11 Å². The van der Waals surface area contributed by atoms with Crippen molar-refractivity contribution in [1.82, 2.24) is 4.90 Å². The largest absolute Gasteiger partial charge is 0.481 e. The lowest BCUT2D eigenvalue weighted by Gasteiger charge is -2.50. The molecule has 304 valence electrons. The fourth-order valence-corrected chi connectivity index (χ4v) is 9.24. The van der Waals surface area contributed by atoms with Gasteiger partial charge in [0.1, 0.15) is 6.61 Å². The number of aryl methyl sites for hydroxylation is 1. The number of fused-ring (bicyclic) bond motifs is 5. The number of carbonyl (C=O) groups is 2. The molecule has 3 aliphatic carbocycles. The second-order valence-electron chi connectivity index (χ2n) is 17.6. The van der Waals surface area contributed by atoms with Crippen molar-refractivity contribution in [3.05, 3.63) is 29.3 Å². The van der Waals surface area contributed by atoms with Crippen LogP contribution < -0.4 is 4.90 Å². The molecule has 55 heavy (non-hydrogen) atoms. The van der Waals surface area contributed by atoms with E-state index in [-0.39, 0.29) is 31.0 Å². The molecule has 2 heterocycles. The summed E-state index contributed by atoms with van der Waals surface area (Å²) < 4.78 is 24.1. The van der Waals surface area contributed by atoms with E-state index in [2.05, 4.69) is 75.2 Å². The Morgan fingerprint density at radius 1 is 1.11 bits per heavy atom. The van der Waals surface area contributed by atoms with E-state index in [0.29, 0.717) is 48.9 Å². The molecule has 4 fully saturated rings. The van der Waals surface area contributed by atoms with Gasteiger partial charge in [-0.2, -0.15) is 12.6 Å². The van der Waals surface area contributed by atoms with E-state index in [9.17, 15) is 14.3 Å². The zero-order chi connectivity index (χ0) is 41.0. The molecule has 6 atom stereocenters. The number of nitrogens with zero attached hydrogens (tertiary/aromatic N) is 2. The number of hydrogen-bond donors (Lipinski definition) is 3. The molecule has 5 aliphatic rings. The Morgan fingerprint density at radius 3 is 2.33 bits per heavy atom. The minimum Gasteiger partial charge on any atom is -0.481 e. The molecule has 0 aromatic heterocycles. The number of aliphatic hydroxyl groups excluding tert-OH is 1. The van der Waals surface area contributed by atoms with Crippen LogP contribution in [0, 0.1) is 22.7 Å². The molecule has 8 nitrogen and oxygen atoms in total. The van der Waals surface area contributed by atoms with E-state index in [4.69, 9.17) is 42.9 Å². The third-order valence-electron chi connectivity index (χ3n) is 12.5. The van der Waals surface area contributed by atoms with Crippen molar-refractivity contribution in [2.45, 2.75) is 142 Å². The predicted octanol–water partition coefficient (Wildman–Crippen LogP) is 6.89. The molecule has 1 aromatic rings. The van der Waals surface area contributed by atoms with Gasteiger partial charge < -0.3 is 29.5 Å². The average Bonchev–Trinajstić information content (AvgIpc) is 3.48. The molecule has 1 amide bonds. The summed E-state index contributed by atoms with van der Waals surface area (Å²) >= 11 is 3.90. The fraction of sp³-hybridized carbons (Fsp3) is 0.810. The molecule has 2 aliphatic heterocycles. The molecule has 6 rings (SSSR count). The van der Waals surface area contributed by atoms with E-state index >= 15 is 0 Å². The Kier molecular flexibility index (Phi) is 19.0. The van der Waals surface area contributed by atoms with Crippen LogP contribution in [-0.2, 0) is 25.5 Å². The first-order valence-corrected chi connectivity index (χ1v) is 21.3. The lowest BCUT2D eigenvalue weighted by molar-refractivity contribution is -0.146. The lowest BCUT2D eigenvalue weighted by atomic mass is 9.40. The molecule has 6 radical (unpaired) electrons. The van der Waals surface area contributed by atoms with Gasteiger partial charge in [0, 0.05) is 38.3 Å². The van der Waals surface area contributed by atoms with Crippen molar-refractivity contribution >= 4 is 53.7 Å². The van der Waals surface area contributed by atoms with Gasteiger partial charge in [0.2, 0.25) is 5.91 Å². The van der Waals surface area contributed by atoms with Gasteiger partial charge >= 0.3 is 0 Å². The summed E-state index contributed by atoms with van der Waals surface area (Å²) in [6, 6.07) is 7.68. The number of halogens is 1. The van der Waals surface area contributed by atoms with Crippen molar-refractivity contribution in [2.24, 2.45) is 22.7 Å². The molecule has 0 spiro atoms. The number of alkyl halides is 1. The topological polar surface area (TPSA) is 99.5 Å². The Labute approximate surface area is 341 Å². The summed E-state index contributed by atoms with van der Waals surface area (Å²) in [6.45, 7) is 16.8. The number of piperidine rings is 1. The van der Waals surface area contributed by atoms with Gasteiger partial charge in [-0.05, 0) is 122 Å². The van der Waals surface area contributed by atoms with Crippen molar-refractivity contribution < 1.29 is 33.7 Å². The van der Waals surface area contributed by atoms with Gasteiger partial charge in [-0.1, -0.05) is 47.1 Å². The predicted molar refractivity (Wildman–Crippen MR) is 227 cm³/mol. The lowest BCUT2D eigenvalue weighted by Crippen LogP contribution is -2.52. The maximum absolute atomic E-state index is 12.7. The van der Waals surface area contributed by atoms with Crippen LogP contribution in [0.4, 0.5) is 10.1 Å². The maximum atomic E-state index is 12.7. The number of aliphatic hydroxyl groups is 1. The Morgan fingerprint density at radius 2 is 1.76 bits per heavy atom. The number of ether oxygens (including phenoxy) is 2. The van der Waals surface area contributed by atoms with E-state index in [1.54, 1.807) is 11.1 Å². The number of amides is 1. The Balaban J connectivity index is 0.000000336. The number of benzene rings is 1. The standard InChI is InChI=1S/C29H42N2O4.C6H14.C5H8B3FS.C2H4O2/c1-29-11-8-24-23-5-3-22(30-12-9-21(10-13-30)31-14-16-34-19-28(31)33)18-20(23)2-4-25(24)26(29)6-7-27(29)35-17-15-32;1-5-6(2,3)4;6-5(7,8)4(9)2-1-3-10;1-2(3)4/h3,5,18,21,24-27,32H,2,4,6-17,19H2,1H3;5H2,1-4H3;4,10H,1-3H2;1H3,(H,3,4). The number of rotatable bonds is 9. The second kappa shape index (κ2) is 21.9. The van der Waals surface area contributed by atoms with Gasteiger partial charge in [-0.3, -0.25) is 9.59 Å². The Bertz CT molecular complexity index is 1340. The first-order valence-electron chi connectivity index (χ1n) is 20.6. The summed E-state index contributed by atoms with van der Waals surface area (Å²) in [5.41, 5.74) is 5.37. The summed E-state index contributed by atoms with van der Waals surface area (Å²) in [5.74, 6) is 2.17. The van der Waals surface area contributed by atoms with Gasteiger partial charge in [-0.15, -0.1) is 5.11 Å². The molecular weight excluding hydrogens is 712 g/mol. The van der Waals surface area contributed by atoms with Crippen molar-refractivity contribution in [1.29, 1.82) is 0 Å². The molecule has 6 unspecified atom stereocenters. The van der Waals surface area contributed by atoms with Crippen LogP contribution >= 0.6 is 12.6 Å². The minimum atomic E-state index is -1.69. The highest BCUT2D eigenvalue weighted by molar-refractivity contribution is 7.80. The monoisotopic (exact) mass is 781 g/mol. The summed E-state index contributed by atoms with van der Waals surface area (Å²) in [7, 11) is 15.2. The van der Waals surface area contributed by atoms with E-state index in [1.807, 2.05) is 0 Å². The smallest absolute Gasteiger partial charge is 0.300 e. The summed E-state index contributed by atoms with van der Waals surface area (Å²) in [4.78, 5) is 25.8. The summed E-state index contributed by atoms with van der Waals surface area (Å²) in [5, 5.41) is 15.0. The van der Waals surface area contributed by atoms with E-state index < -0.39 is 17.3 Å². The van der Waals surface area contributed by atoms with Gasteiger partial charge in [0.05, 0.1) is 55.6 Å². The van der Waals surface area contributed by atoms with E-state index in [0.717, 1.165) is 57.7 Å². The summed E-state index contributed by atoms with van der Waals surface area (Å²) in [6.07, 6.45) is 10.7. The van der Waals surface area contributed by atoms with Crippen LogP contribution in [-0.4, -0.2) is 121 Å². The van der Waals surface area contributed by atoms with Crippen molar-refractivity contribution in [3.63, 3.8) is 0 Å².